The summed E-state index contributed by atoms with van der Waals surface area (Å²) in [5.41, 5.74) is 3.59. The molecule has 0 aliphatic carbocycles. The molecule has 2 aromatic carbocycles. The normalized spacial score (nSPS) is 18.8. The Hall–Kier alpha value is -6.40. The number of carbonyl (C=O) groups excluding carboxylic acids is 6. The van der Waals surface area contributed by atoms with Crippen LogP contribution in [0.4, 0.5) is 11.4 Å². The average molecular weight is 1250 g/mol. The van der Waals surface area contributed by atoms with Crippen LogP contribution in [0.15, 0.2) is 94.8 Å². The van der Waals surface area contributed by atoms with Crippen molar-refractivity contribution >= 4 is 70.1 Å². The topological polar surface area (TPSA) is 209 Å². The molecule has 18 heteroatoms. The number of aliphatic hydroxyl groups excluding tert-OH is 1. The van der Waals surface area contributed by atoms with E-state index in [0.29, 0.717) is 17.4 Å². The summed E-state index contributed by atoms with van der Waals surface area (Å²) in [7, 11) is 0. The van der Waals surface area contributed by atoms with Gasteiger partial charge in [-0.25, -0.2) is 10.3 Å². The van der Waals surface area contributed by atoms with Crippen molar-refractivity contribution in [2.24, 2.45) is 45.8 Å². The van der Waals surface area contributed by atoms with E-state index < -0.39 is 41.7 Å². The maximum atomic E-state index is 14.2. The van der Waals surface area contributed by atoms with Crippen molar-refractivity contribution in [3.63, 3.8) is 0 Å². The Bertz CT molecular complexity index is 3070. The molecule has 88 heavy (non-hydrogen) atoms. The smallest absolute Gasteiger partial charge is 0.307 e. The molecule has 0 saturated carbocycles. The highest BCUT2D eigenvalue weighted by atomic mass is 35.5. The van der Waals surface area contributed by atoms with Gasteiger partial charge in [0.1, 0.15) is 30.1 Å². The minimum Gasteiger partial charge on any atom is -0.462 e. The fourth-order valence-electron chi connectivity index (χ4n) is 11.5. The van der Waals surface area contributed by atoms with Gasteiger partial charge in [0.25, 0.3) is 29.3 Å². The highest BCUT2D eigenvalue weighted by molar-refractivity contribution is 6.38. The number of hydrogen-bond acceptors (Lipinski definition) is 12. The van der Waals surface area contributed by atoms with Crippen LogP contribution >= 0.6 is 23.2 Å². The summed E-state index contributed by atoms with van der Waals surface area (Å²) >= 11 is 13.3. The van der Waals surface area contributed by atoms with Crippen molar-refractivity contribution in [1.82, 2.24) is 10.8 Å². The number of carbonyl (C=O) groups is 6. The Labute approximate surface area is 533 Å². The van der Waals surface area contributed by atoms with Crippen molar-refractivity contribution < 1.29 is 48.2 Å². The number of rotatable bonds is 29. The Morgan fingerprint density at radius 2 is 1.31 bits per heavy atom. The van der Waals surface area contributed by atoms with E-state index in [4.69, 9.17) is 44.1 Å². The number of amides is 4. The van der Waals surface area contributed by atoms with Crippen molar-refractivity contribution in [1.29, 1.82) is 5.26 Å². The van der Waals surface area contributed by atoms with Crippen molar-refractivity contribution in [3.05, 3.63) is 127 Å². The molecular weight excluding hydrogens is 1160 g/mol. The van der Waals surface area contributed by atoms with Crippen LogP contribution in [-0.2, 0) is 44.9 Å². The number of benzene rings is 2. The van der Waals surface area contributed by atoms with Gasteiger partial charge in [-0.3, -0.25) is 43.4 Å². The highest BCUT2D eigenvalue weighted by Gasteiger charge is 2.41. The number of hydrogen-bond donors (Lipinski definition) is 3. The lowest BCUT2D eigenvalue weighted by molar-refractivity contribution is -0.154. The quantitative estimate of drug-likeness (QED) is 0.0132. The minimum atomic E-state index is -1.60. The number of nitriles is 1. The fourth-order valence-corrected chi connectivity index (χ4v) is 11.9. The van der Waals surface area contributed by atoms with Gasteiger partial charge < -0.3 is 19.9 Å². The number of ether oxygens (including phenoxy) is 2. The van der Waals surface area contributed by atoms with Gasteiger partial charge in [-0.15, -0.1) is 0 Å². The minimum absolute atomic E-state index is 0.0137. The van der Waals surface area contributed by atoms with Crippen LogP contribution in [-0.4, -0.2) is 72.2 Å². The van der Waals surface area contributed by atoms with E-state index in [0.717, 1.165) is 61.2 Å². The van der Waals surface area contributed by atoms with Crippen LogP contribution in [0.5, 0.6) is 0 Å². The predicted octanol–water partition coefficient (Wildman–Crippen LogP) is 15.1. The Balaban J connectivity index is 1.45. The van der Waals surface area contributed by atoms with E-state index in [9.17, 15) is 39.1 Å². The molecule has 8 unspecified atom stereocenters. The lowest BCUT2D eigenvalue weighted by Gasteiger charge is -2.37. The second-order valence-electron chi connectivity index (χ2n) is 27.6. The number of aliphatic hydroxyl groups is 1. The summed E-state index contributed by atoms with van der Waals surface area (Å²) in [6.07, 6.45) is 12.8. The molecule has 4 rings (SSSR count). The summed E-state index contributed by atoms with van der Waals surface area (Å²) in [4.78, 5) is 92.9. The number of nitrogens with zero attached hydrogens (tertiary/aromatic N) is 4. The van der Waals surface area contributed by atoms with E-state index in [-0.39, 0.29) is 134 Å². The van der Waals surface area contributed by atoms with Crippen molar-refractivity contribution in [2.45, 2.75) is 200 Å². The maximum Gasteiger partial charge on any atom is 0.307 e. The Morgan fingerprint density at radius 1 is 0.750 bits per heavy atom. The second kappa shape index (κ2) is 33.4. The average Bonchev–Trinajstić information content (AvgIpc) is 0.824. The molecule has 0 spiro atoms. The number of halogens is 2. The van der Waals surface area contributed by atoms with Gasteiger partial charge in [-0.05, 0) is 146 Å². The van der Waals surface area contributed by atoms with Crippen LogP contribution in [0.2, 0.25) is 10.0 Å². The van der Waals surface area contributed by atoms with Crippen LogP contribution in [0, 0.1) is 63.7 Å². The number of nitrogens with one attached hydrogen (secondary N) is 2. The SMILES string of the molecule is [C-]#[N+]C1=C(C)/C(=C/C=C/C=C/C2C(C)=C(C#N)C(=O)N(c3cc(C(=O)NCCC(=O)OC(CCC(C)CC(C)(C)C)C(C)CC(C)(C)C)ccc3Cl)C2O)C(=O)N(c2cc(CONCCC(=O)OC(CCC(C)CC)C(C)CC(C)(C)C)ccc2Cl)C1=O. The third-order valence-electron chi connectivity index (χ3n) is 15.9. The van der Waals surface area contributed by atoms with Crippen molar-refractivity contribution in [2.75, 3.05) is 22.9 Å². The summed E-state index contributed by atoms with van der Waals surface area (Å²) in [6.45, 7) is 41.6. The summed E-state index contributed by atoms with van der Waals surface area (Å²) in [6, 6.07) is 10.8. The molecule has 8 atom stereocenters. The zero-order valence-electron chi connectivity index (χ0n) is 54.8. The number of anilines is 2. The number of esters is 2. The highest BCUT2D eigenvalue weighted by Crippen LogP contribution is 2.39. The van der Waals surface area contributed by atoms with E-state index in [1.54, 1.807) is 19.1 Å². The van der Waals surface area contributed by atoms with E-state index >= 15 is 0 Å². The van der Waals surface area contributed by atoms with E-state index in [2.05, 4.69) is 113 Å². The molecule has 0 aromatic heterocycles. The van der Waals surface area contributed by atoms with Gasteiger partial charge >= 0.3 is 11.9 Å². The third kappa shape index (κ3) is 22.3. The molecule has 2 aliphatic heterocycles. The van der Waals surface area contributed by atoms with E-state index in [1.807, 2.05) is 6.07 Å². The molecule has 0 fully saturated rings. The largest absolute Gasteiger partial charge is 0.462 e. The molecule has 2 aliphatic rings. The zero-order valence-corrected chi connectivity index (χ0v) is 56.3. The Kier molecular flexibility index (Phi) is 28.1. The first kappa shape index (κ1) is 74.1. The van der Waals surface area contributed by atoms with Gasteiger partial charge in [0.2, 0.25) is 0 Å². The lowest BCUT2D eigenvalue weighted by Crippen LogP contribution is -2.49. The summed E-state index contributed by atoms with van der Waals surface area (Å²) in [5, 5.41) is 24.9. The standard InChI is InChI=1S/C70H96Cl2N6O10/c1-18-43(2)24-30-58(45(4)39-69(11,12)13)88-61(80)33-35-76-86-42-49-26-28-54(71)56(36-49)78-65(83)52(48(7)62(74-17)67(78)85)23-21-19-20-22-51-47(6)53(41-73)66(84)77(64(51)82)57-37-50(27-29-55(57)72)63(81)75-34-32-60(79)87-59(46(5)40-70(14,15)16)31-25-44(3)38-68(8,9)10/h19-23,26-29,36-37,43-46,51,58-59,64,76,82H,18,24-25,30-35,38-40,42H2,1-16H3,(H,75,81)/b21-19+,22-20+,52-23-. The number of imide groups is 1. The van der Waals surface area contributed by atoms with Gasteiger partial charge in [-0.2, -0.15) is 5.26 Å². The van der Waals surface area contributed by atoms with Crippen LogP contribution in [0.3, 0.4) is 0 Å². The van der Waals surface area contributed by atoms with Crippen LogP contribution in [0.1, 0.15) is 191 Å². The van der Waals surface area contributed by atoms with Gasteiger partial charge in [0.15, 0.2) is 0 Å². The molecule has 480 valence electrons. The summed E-state index contributed by atoms with van der Waals surface area (Å²) < 4.78 is 12.1. The number of hydroxylamine groups is 1. The number of allylic oxidation sites excluding steroid dienone is 4. The zero-order chi connectivity index (χ0) is 66.0. The van der Waals surface area contributed by atoms with Crippen LogP contribution < -0.4 is 20.6 Å². The lowest BCUT2D eigenvalue weighted by atomic mass is 9.80. The maximum absolute atomic E-state index is 14.2. The molecule has 0 bridgehead atoms. The van der Waals surface area contributed by atoms with Gasteiger partial charge in [-0.1, -0.05) is 163 Å². The first-order valence-corrected chi connectivity index (χ1v) is 31.6. The molecular formula is C70H96Cl2N6O10. The fraction of sp³-hybridized carbons (Fsp3) is 0.571. The molecule has 2 heterocycles. The monoisotopic (exact) mass is 1250 g/mol. The van der Waals surface area contributed by atoms with Gasteiger partial charge in [0.05, 0.1) is 47.4 Å². The summed E-state index contributed by atoms with van der Waals surface area (Å²) in [5.74, 6) is -3.44. The van der Waals surface area contributed by atoms with E-state index in [1.165, 1.54) is 61.6 Å². The first-order valence-electron chi connectivity index (χ1n) is 30.9. The second-order valence-corrected chi connectivity index (χ2v) is 28.4. The molecule has 0 radical (unpaired) electrons. The molecule has 2 aromatic rings. The Morgan fingerprint density at radius 3 is 1.86 bits per heavy atom. The molecule has 3 N–H and O–H groups in total. The molecule has 0 saturated heterocycles. The van der Waals surface area contributed by atoms with Crippen LogP contribution in [0.25, 0.3) is 4.85 Å². The first-order chi connectivity index (χ1) is 41.1. The third-order valence-corrected chi connectivity index (χ3v) is 16.5. The molecule has 16 nitrogen and oxygen atoms in total. The van der Waals surface area contributed by atoms with Gasteiger partial charge in [0, 0.05) is 30.1 Å². The predicted molar refractivity (Wildman–Crippen MR) is 348 cm³/mol. The molecule has 4 amide bonds. The van der Waals surface area contributed by atoms with Crippen molar-refractivity contribution in [3.8, 4) is 6.07 Å².